The van der Waals surface area contributed by atoms with Crippen LogP contribution in [-0.2, 0) is 20.9 Å². The van der Waals surface area contributed by atoms with Crippen molar-refractivity contribution >= 4 is 12.1 Å². The van der Waals surface area contributed by atoms with Gasteiger partial charge in [-0.05, 0) is 31.0 Å². The number of nitrogens with one attached hydrogen (secondary N) is 1. The minimum absolute atomic E-state index is 0.0139. The van der Waals surface area contributed by atoms with Crippen LogP contribution in [0.5, 0.6) is 0 Å². The first-order chi connectivity index (χ1) is 12.0. The molecule has 0 heterocycles. The van der Waals surface area contributed by atoms with E-state index in [9.17, 15) is 19.6 Å². The van der Waals surface area contributed by atoms with Crippen LogP contribution >= 0.6 is 0 Å². The number of nitroso groups, excluding NO2 is 1. The average molecular weight is 350 g/mol. The topological polar surface area (TPSA) is 114 Å². The Hall–Kier alpha value is -2.90. The van der Waals surface area contributed by atoms with Gasteiger partial charge >= 0.3 is 12.1 Å². The van der Waals surface area contributed by atoms with E-state index in [0.29, 0.717) is 0 Å². The number of hydrogen-bond donors (Lipinski definition) is 2. The summed E-state index contributed by atoms with van der Waals surface area (Å²) in [5.41, 5.74) is 0.211. The van der Waals surface area contributed by atoms with E-state index >= 15 is 0 Å². The van der Waals surface area contributed by atoms with Crippen LogP contribution in [0.3, 0.4) is 0 Å². The molecule has 1 aromatic rings. The summed E-state index contributed by atoms with van der Waals surface area (Å²) in [6, 6.07) is 8.88. The van der Waals surface area contributed by atoms with Crippen LogP contribution in [0.2, 0.25) is 0 Å². The lowest BCUT2D eigenvalue weighted by atomic mass is 10.1. The number of aliphatic hydroxyl groups is 1. The van der Waals surface area contributed by atoms with Crippen LogP contribution < -0.4 is 5.32 Å². The lowest BCUT2D eigenvalue weighted by molar-refractivity contribution is -0.138. The van der Waals surface area contributed by atoms with Crippen LogP contribution in [0.1, 0.15) is 32.3 Å². The molecule has 0 aromatic heterocycles. The summed E-state index contributed by atoms with van der Waals surface area (Å²) in [5, 5.41) is 14.9. The van der Waals surface area contributed by atoms with Crippen molar-refractivity contribution in [3.63, 3.8) is 0 Å². The minimum atomic E-state index is -0.974. The lowest BCUT2D eigenvalue weighted by Gasteiger charge is -2.14. The van der Waals surface area contributed by atoms with Gasteiger partial charge in [0.1, 0.15) is 12.4 Å². The Balaban J connectivity index is 2.42. The summed E-state index contributed by atoms with van der Waals surface area (Å²) in [6.07, 6.45) is -0.330. The minimum Gasteiger partial charge on any atom is -0.510 e. The Kier molecular flexibility index (Phi) is 8.70. The molecule has 0 saturated heterocycles. The average Bonchev–Trinajstić information content (AvgIpc) is 2.60. The Morgan fingerprint density at radius 2 is 1.92 bits per heavy atom. The molecule has 1 aromatic carbocycles. The van der Waals surface area contributed by atoms with E-state index in [2.05, 4.69) is 15.2 Å². The maximum absolute atomic E-state index is 11.7. The van der Waals surface area contributed by atoms with Crippen molar-refractivity contribution in [1.29, 1.82) is 0 Å². The summed E-state index contributed by atoms with van der Waals surface area (Å²) >= 11 is 0. The molecule has 0 saturated carbocycles. The SMILES string of the molecule is CCOC(=O)C(N=O)=C(O)CCC(C)NC(=O)OCc1ccccc1. The molecule has 0 fully saturated rings. The summed E-state index contributed by atoms with van der Waals surface area (Å²) < 4.78 is 9.70. The van der Waals surface area contributed by atoms with Crippen molar-refractivity contribution in [3.8, 4) is 0 Å². The molecule has 0 radical (unpaired) electrons. The predicted octanol–water partition coefficient (Wildman–Crippen LogP) is 3.18. The summed E-state index contributed by atoms with van der Waals surface area (Å²) in [4.78, 5) is 33.8. The fourth-order valence-electron chi connectivity index (χ4n) is 1.92. The van der Waals surface area contributed by atoms with Crippen molar-refractivity contribution in [2.75, 3.05) is 6.61 Å². The Morgan fingerprint density at radius 1 is 1.24 bits per heavy atom. The maximum atomic E-state index is 11.7. The van der Waals surface area contributed by atoms with Gasteiger partial charge in [-0.1, -0.05) is 30.3 Å². The summed E-state index contributed by atoms with van der Waals surface area (Å²) in [7, 11) is 0. The molecule has 0 bridgehead atoms. The van der Waals surface area contributed by atoms with Crippen molar-refractivity contribution in [3.05, 3.63) is 52.3 Å². The van der Waals surface area contributed by atoms with Crippen LogP contribution in [0.15, 0.2) is 47.0 Å². The Bertz CT molecular complexity index is 615. The number of nitrogens with zero attached hydrogens (tertiary/aromatic N) is 1. The van der Waals surface area contributed by atoms with Crippen molar-refractivity contribution in [2.45, 2.75) is 39.3 Å². The third-order valence-electron chi connectivity index (χ3n) is 3.22. The number of carbonyl (C=O) groups excluding carboxylic acids is 2. The summed E-state index contributed by atoms with van der Waals surface area (Å²) in [6.45, 7) is 3.49. The predicted molar refractivity (Wildman–Crippen MR) is 90.5 cm³/mol. The van der Waals surface area contributed by atoms with E-state index in [1.54, 1.807) is 13.8 Å². The van der Waals surface area contributed by atoms with Gasteiger partial charge in [0.15, 0.2) is 0 Å². The van der Waals surface area contributed by atoms with E-state index in [-0.39, 0.29) is 32.1 Å². The van der Waals surface area contributed by atoms with Crippen molar-refractivity contribution < 1.29 is 24.2 Å². The normalized spacial score (nSPS) is 12.6. The molecule has 25 heavy (non-hydrogen) atoms. The Morgan fingerprint density at radius 3 is 2.52 bits per heavy atom. The van der Waals surface area contributed by atoms with Crippen LogP contribution in [0.4, 0.5) is 4.79 Å². The number of rotatable bonds is 9. The zero-order valence-electron chi connectivity index (χ0n) is 14.2. The number of allylic oxidation sites excluding steroid dienone is 1. The fraction of sp³-hybridized carbons (Fsp3) is 0.412. The van der Waals surface area contributed by atoms with Gasteiger partial charge in [0, 0.05) is 12.5 Å². The maximum Gasteiger partial charge on any atom is 0.407 e. The zero-order chi connectivity index (χ0) is 18.7. The van der Waals surface area contributed by atoms with Gasteiger partial charge in [0.05, 0.1) is 6.61 Å². The van der Waals surface area contributed by atoms with E-state index in [0.717, 1.165) is 5.56 Å². The number of amides is 1. The van der Waals surface area contributed by atoms with Gasteiger partial charge in [0.25, 0.3) is 0 Å². The number of esters is 1. The van der Waals surface area contributed by atoms with Crippen LogP contribution in [-0.4, -0.2) is 29.8 Å². The third kappa shape index (κ3) is 7.47. The van der Waals surface area contributed by atoms with Gasteiger partial charge in [-0.3, -0.25) is 0 Å². The smallest absolute Gasteiger partial charge is 0.407 e. The molecule has 1 rings (SSSR count). The highest BCUT2D eigenvalue weighted by Gasteiger charge is 2.18. The van der Waals surface area contributed by atoms with Crippen LogP contribution in [0, 0.1) is 4.91 Å². The number of carbonyl (C=O) groups is 2. The molecule has 1 unspecified atom stereocenters. The second-order valence-corrected chi connectivity index (χ2v) is 5.25. The van der Waals surface area contributed by atoms with Crippen LogP contribution in [0.25, 0.3) is 0 Å². The number of aliphatic hydroxyl groups excluding tert-OH is 1. The number of ether oxygens (including phenoxy) is 2. The van der Waals surface area contributed by atoms with Gasteiger partial charge in [-0.2, -0.15) is 0 Å². The lowest BCUT2D eigenvalue weighted by Crippen LogP contribution is -2.33. The molecule has 0 aliphatic carbocycles. The molecule has 1 amide bonds. The van der Waals surface area contributed by atoms with Crippen molar-refractivity contribution in [1.82, 2.24) is 5.32 Å². The molecule has 8 heteroatoms. The van der Waals surface area contributed by atoms with Gasteiger partial charge in [-0.25, -0.2) is 9.59 Å². The largest absolute Gasteiger partial charge is 0.510 e. The molecule has 0 aliphatic heterocycles. The molecule has 8 nitrogen and oxygen atoms in total. The van der Waals surface area contributed by atoms with Gasteiger partial charge in [0.2, 0.25) is 5.70 Å². The van der Waals surface area contributed by atoms with E-state index in [1.807, 2.05) is 30.3 Å². The van der Waals surface area contributed by atoms with E-state index in [1.165, 1.54) is 0 Å². The number of alkyl carbamates (subject to hydrolysis) is 1. The van der Waals surface area contributed by atoms with Gasteiger partial charge in [-0.15, -0.1) is 4.91 Å². The fourth-order valence-corrected chi connectivity index (χ4v) is 1.92. The first-order valence-corrected chi connectivity index (χ1v) is 7.87. The number of benzene rings is 1. The monoisotopic (exact) mass is 350 g/mol. The summed E-state index contributed by atoms with van der Waals surface area (Å²) in [5.74, 6) is -1.45. The molecule has 0 spiro atoms. The molecule has 0 aliphatic rings. The highest BCUT2D eigenvalue weighted by Crippen LogP contribution is 2.13. The number of hydrogen-bond acceptors (Lipinski definition) is 7. The molecular formula is C17H22N2O6. The molecule has 1 atom stereocenters. The van der Waals surface area contributed by atoms with Gasteiger partial charge < -0.3 is 19.9 Å². The highest BCUT2D eigenvalue weighted by molar-refractivity contribution is 5.88. The molecule has 2 N–H and O–H groups in total. The first-order valence-electron chi connectivity index (χ1n) is 7.87. The van der Waals surface area contributed by atoms with E-state index in [4.69, 9.17) is 4.74 Å². The highest BCUT2D eigenvalue weighted by atomic mass is 16.5. The first kappa shape index (κ1) is 20.1. The van der Waals surface area contributed by atoms with Crippen molar-refractivity contribution in [2.24, 2.45) is 5.18 Å². The Labute approximate surface area is 145 Å². The standard InChI is InChI=1S/C17H22N2O6/c1-3-24-16(21)15(19-23)14(20)10-9-12(2)18-17(22)25-11-13-7-5-4-6-8-13/h4-8,12,20H,3,9-11H2,1-2H3,(H,18,22). The molecular weight excluding hydrogens is 328 g/mol. The zero-order valence-corrected chi connectivity index (χ0v) is 14.2. The quantitative estimate of drug-likeness (QED) is 0.306. The van der Waals surface area contributed by atoms with E-state index < -0.39 is 23.5 Å². The third-order valence-corrected chi connectivity index (χ3v) is 3.22. The molecule has 136 valence electrons. The second-order valence-electron chi connectivity index (χ2n) is 5.25. The second kappa shape index (κ2) is 10.8.